The van der Waals surface area contributed by atoms with E-state index in [4.69, 9.17) is 4.74 Å². The van der Waals surface area contributed by atoms with Crippen molar-refractivity contribution >= 4 is 11.9 Å². The van der Waals surface area contributed by atoms with E-state index in [1.54, 1.807) is 0 Å². The lowest BCUT2D eigenvalue weighted by molar-refractivity contribution is -0.147. The molecule has 1 amide bonds. The molecule has 3 rings (SSSR count). The number of rotatable bonds is 8. The van der Waals surface area contributed by atoms with Crippen LogP contribution in [0.1, 0.15) is 37.0 Å². The predicted molar refractivity (Wildman–Crippen MR) is 123 cm³/mol. The van der Waals surface area contributed by atoms with Crippen LogP contribution < -0.4 is 5.32 Å². The zero-order valence-corrected chi connectivity index (χ0v) is 18.2. The predicted octanol–water partition coefficient (Wildman–Crippen LogP) is 4.72. The van der Waals surface area contributed by atoms with E-state index in [9.17, 15) is 9.59 Å². The van der Waals surface area contributed by atoms with Gasteiger partial charge in [-0.25, -0.2) is 4.79 Å². The van der Waals surface area contributed by atoms with Crippen molar-refractivity contribution in [2.24, 2.45) is 5.92 Å². The van der Waals surface area contributed by atoms with Gasteiger partial charge in [0.15, 0.2) is 0 Å². The molecule has 0 unspecified atom stereocenters. The van der Waals surface area contributed by atoms with Gasteiger partial charge in [0.05, 0.1) is 7.11 Å². The number of hydrogen-bond donors (Lipinski definition) is 1. The molecule has 0 bridgehead atoms. The molecule has 0 spiro atoms. The Morgan fingerprint density at radius 2 is 1.19 bits per heavy atom. The third kappa shape index (κ3) is 4.38. The number of esters is 1. The van der Waals surface area contributed by atoms with E-state index >= 15 is 0 Å². The lowest BCUT2D eigenvalue weighted by atomic mass is 9.68. The fraction of sp³-hybridized carbons (Fsp3) is 0.259. The first-order chi connectivity index (χ1) is 15.1. The van der Waals surface area contributed by atoms with Crippen molar-refractivity contribution in [3.8, 4) is 0 Å². The zero-order valence-electron chi connectivity index (χ0n) is 18.2. The molecule has 0 aliphatic heterocycles. The molecule has 3 aromatic carbocycles. The molecule has 31 heavy (non-hydrogen) atoms. The maximum absolute atomic E-state index is 14.2. The normalized spacial score (nSPS) is 13.1. The molecular weight excluding hydrogens is 386 g/mol. The molecule has 0 aliphatic rings. The number of methoxy groups -OCH3 is 1. The van der Waals surface area contributed by atoms with Crippen molar-refractivity contribution in [2.75, 3.05) is 7.11 Å². The van der Waals surface area contributed by atoms with Crippen molar-refractivity contribution in [2.45, 2.75) is 31.7 Å². The maximum Gasteiger partial charge on any atom is 0.328 e. The van der Waals surface area contributed by atoms with Gasteiger partial charge in [0.2, 0.25) is 5.91 Å². The van der Waals surface area contributed by atoms with Gasteiger partial charge in [-0.1, -0.05) is 111 Å². The van der Waals surface area contributed by atoms with Crippen molar-refractivity contribution < 1.29 is 14.3 Å². The fourth-order valence-electron chi connectivity index (χ4n) is 4.00. The van der Waals surface area contributed by atoms with Gasteiger partial charge in [-0.2, -0.15) is 0 Å². The number of nitrogens with one attached hydrogen (secondary N) is 1. The average molecular weight is 416 g/mol. The number of amides is 1. The second-order valence-corrected chi connectivity index (χ2v) is 7.71. The van der Waals surface area contributed by atoms with Crippen LogP contribution in [0.2, 0.25) is 0 Å². The van der Waals surface area contributed by atoms with Gasteiger partial charge in [-0.05, 0) is 22.6 Å². The molecule has 0 radical (unpaired) electrons. The molecule has 4 nitrogen and oxygen atoms in total. The largest absolute Gasteiger partial charge is 0.467 e. The highest BCUT2D eigenvalue weighted by Gasteiger charge is 2.45. The Kier molecular flexibility index (Phi) is 7.24. The molecule has 0 fully saturated rings. The second-order valence-electron chi connectivity index (χ2n) is 7.71. The van der Waals surface area contributed by atoms with Crippen molar-refractivity contribution in [1.82, 2.24) is 5.32 Å². The third-order valence-electron chi connectivity index (χ3n) is 5.92. The number of hydrogen-bond acceptors (Lipinski definition) is 3. The SMILES string of the molecule is CC[C@H](C)[C@H](NC(=O)C(c1ccccc1)(c1ccccc1)c1ccccc1)C(=O)OC. The summed E-state index contributed by atoms with van der Waals surface area (Å²) in [5.41, 5.74) is 1.37. The first-order valence-electron chi connectivity index (χ1n) is 10.6. The highest BCUT2D eigenvalue weighted by molar-refractivity contribution is 5.98. The monoisotopic (exact) mass is 415 g/mol. The first-order valence-corrected chi connectivity index (χ1v) is 10.6. The molecule has 0 aromatic heterocycles. The highest BCUT2D eigenvalue weighted by atomic mass is 16.5. The summed E-state index contributed by atoms with van der Waals surface area (Å²) < 4.78 is 5.01. The van der Waals surface area contributed by atoms with E-state index in [-0.39, 0.29) is 11.8 Å². The Bertz CT molecular complexity index is 890. The van der Waals surface area contributed by atoms with Crippen LogP contribution in [-0.2, 0) is 19.7 Å². The number of ether oxygens (including phenoxy) is 1. The zero-order chi connectivity index (χ0) is 22.3. The number of benzene rings is 3. The van der Waals surface area contributed by atoms with Gasteiger partial charge in [-0.15, -0.1) is 0 Å². The Morgan fingerprint density at radius 3 is 1.52 bits per heavy atom. The van der Waals surface area contributed by atoms with Gasteiger partial charge in [0, 0.05) is 0 Å². The molecule has 0 saturated heterocycles. The van der Waals surface area contributed by atoms with Crippen LogP contribution >= 0.6 is 0 Å². The van der Waals surface area contributed by atoms with E-state index in [1.807, 2.05) is 105 Å². The third-order valence-corrected chi connectivity index (χ3v) is 5.92. The smallest absolute Gasteiger partial charge is 0.328 e. The lowest BCUT2D eigenvalue weighted by Crippen LogP contribution is -2.54. The highest BCUT2D eigenvalue weighted by Crippen LogP contribution is 2.39. The Morgan fingerprint density at radius 1 is 0.806 bits per heavy atom. The van der Waals surface area contributed by atoms with E-state index in [2.05, 4.69) is 5.32 Å². The van der Waals surface area contributed by atoms with Gasteiger partial charge in [0.25, 0.3) is 0 Å². The van der Waals surface area contributed by atoms with E-state index in [1.165, 1.54) is 7.11 Å². The van der Waals surface area contributed by atoms with Crippen molar-refractivity contribution in [3.63, 3.8) is 0 Å². The summed E-state index contributed by atoms with van der Waals surface area (Å²) in [6, 6.07) is 28.3. The topological polar surface area (TPSA) is 55.4 Å². The number of carbonyl (C=O) groups is 2. The molecule has 0 heterocycles. The summed E-state index contributed by atoms with van der Waals surface area (Å²) in [5.74, 6) is -0.769. The van der Waals surface area contributed by atoms with Crippen molar-refractivity contribution in [1.29, 1.82) is 0 Å². The van der Waals surface area contributed by atoms with E-state index in [0.29, 0.717) is 0 Å². The van der Waals surface area contributed by atoms with Crippen molar-refractivity contribution in [3.05, 3.63) is 108 Å². The standard InChI is InChI=1S/C27H29NO3/c1-4-20(2)24(25(29)31-3)28-26(30)27(21-14-8-5-9-15-21,22-16-10-6-11-17-22)23-18-12-7-13-19-23/h5-20,24H,4H2,1-3H3,(H,28,30)/t20-,24-/m0/s1. The van der Waals surface area contributed by atoms with Crippen LogP contribution in [-0.4, -0.2) is 25.0 Å². The summed E-state index contributed by atoms with van der Waals surface area (Å²) in [6.07, 6.45) is 0.731. The van der Waals surface area contributed by atoms with Crippen LogP contribution in [0.5, 0.6) is 0 Å². The minimum Gasteiger partial charge on any atom is -0.467 e. The van der Waals surface area contributed by atoms with E-state index in [0.717, 1.165) is 23.1 Å². The molecule has 0 aliphatic carbocycles. The van der Waals surface area contributed by atoms with Crippen LogP contribution in [0, 0.1) is 5.92 Å². The minimum atomic E-state index is -1.12. The number of carbonyl (C=O) groups excluding carboxylic acids is 2. The van der Waals surface area contributed by atoms with Crippen LogP contribution in [0.3, 0.4) is 0 Å². The molecule has 2 atom stereocenters. The van der Waals surface area contributed by atoms with Gasteiger partial charge >= 0.3 is 5.97 Å². The molecule has 0 saturated carbocycles. The summed E-state index contributed by atoms with van der Waals surface area (Å²) in [4.78, 5) is 26.7. The fourth-order valence-corrected chi connectivity index (χ4v) is 4.00. The summed E-state index contributed by atoms with van der Waals surface area (Å²) in [6.45, 7) is 3.93. The molecule has 1 N–H and O–H groups in total. The maximum atomic E-state index is 14.2. The summed E-state index contributed by atoms with van der Waals surface area (Å²) in [5, 5.41) is 3.04. The second kappa shape index (κ2) is 10.1. The first kappa shape index (κ1) is 22.3. The molecule has 160 valence electrons. The van der Waals surface area contributed by atoms with Gasteiger partial charge < -0.3 is 10.1 Å². The average Bonchev–Trinajstić information content (AvgIpc) is 2.84. The van der Waals surface area contributed by atoms with E-state index < -0.39 is 17.4 Å². The Labute approximate surface area is 184 Å². The van der Waals surface area contributed by atoms with Crippen LogP contribution in [0.25, 0.3) is 0 Å². The van der Waals surface area contributed by atoms with Crippen LogP contribution in [0.15, 0.2) is 91.0 Å². The minimum absolute atomic E-state index is 0.0728. The quantitative estimate of drug-likeness (QED) is 0.428. The Balaban J connectivity index is 2.25. The summed E-state index contributed by atoms with van der Waals surface area (Å²) in [7, 11) is 1.35. The van der Waals surface area contributed by atoms with Gasteiger partial charge in [0.1, 0.15) is 11.5 Å². The van der Waals surface area contributed by atoms with Gasteiger partial charge in [-0.3, -0.25) is 4.79 Å². The Hall–Kier alpha value is -3.40. The molecule has 4 heteroatoms. The summed E-state index contributed by atoms with van der Waals surface area (Å²) >= 11 is 0. The molecular formula is C27H29NO3. The van der Waals surface area contributed by atoms with Crippen LogP contribution in [0.4, 0.5) is 0 Å². The lowest BCUT2D eigenvalue weighted by Gasteiger charge is -2.36. The molecule has 3 aromatic rings.